The zero-order chi connectivity index (χ0) is 13.0. The van der Waals surface area contributed by atoms with Gasteiger partial charge in [-0.1, -0.05) is 6.07 Å². The van der Waals surface area contributed by atoms with Crippen LogP contribution >= 0.6 is 0 Å². The van der Waals surface area contributed by atoms with E-state index < -0.39 is 0 Å². The van der Waals surface area contributed by atoms with Crippen molar-refractivity contribution in [1.29, 1.82) is 0 Å². The Bertz CT molecular complexity index is 525. The first-order valence-corrected chi connectivity index (χ1v) is 5.77. The van der Waals surface area contributed by atoms with Crippen molar-refractivity contribution in [2.75, 3.05) is 19.5 Å². The smallest absolute Gasteiger partial charge is 0.200 e. The molecule has 0 radical (unpaired) electrons. The molecule has 0 fully saturated rings. The van der Waals surface area contributed by atoms with Crippen LogP contribution in [0, 0.1) is 5.82 Å². The number of halogens is 1. The average molecular weight is 249 g/mol. The minimum absolute atomic E-state index is 0.276. The van der Waals surface area contributed by atoms with Crippen molar-refractivity contribution in [3.05, 3.63) is 41.5 Å². The Kier molecular flexibility index (Phi) is 3.82. The number of H-pyrrole nitrogens is 1. The molecule has 18 heavy (non-hydrogen) atoms. The van der Waals surface area contributed by atoms with E-state index in [0.29, 0.717) is 0 Å². The molecule has 0 atom stereocenters. The van der Waals surface area contributed by atoms with Gasteiger partial charge in [-0.15, -0.1) is 0 Å². The molecule has 0 bridgehead atoms. The summed E-state index contributed by atoms with van der Waals surface area (Å²) >= 11 is 0. The maximum Gasteiger partial charge on any atom is 0.200 e. The quantitative estimate of drug-likeness (QED) is 0.855. The number of hydrogen-bond donors (Lipinski definition) is 2. The number of nitrogens with zero attached hydrogens (tertiary/aromatic N) is 1. The third kappa shape index (κ3) is 2.80. The Balaban J connectivity index is 1.99. The third-order valence-corrected chi connectivity index (χ3v) is 2.76. The zero-order valence-corrected chi connectivity index (χ0v) is 10.5. The van der Waals surface area contributed by atoms with Crippen molar-refractivity contribution >= 4 is 5.95 Å². The molecule has 0 amide bonds. The fourth-order valence-corrected chi connectivity index (χ4v) is 1.76. The molecule has 5 heteroatoms. The van der Waals surface area contributed by atoms with Crippen molar-refractivity contribution in [1.82, 2.24) is 9.97 Å². The SMILES string of the molecule is CNc1ncc(CCc2ccc(OC)c(F)c2)[nH]1. The van der Waals surface area contributed by atoms with Gasteiger partial charge in [-0.05, 0) is 30.5 Å². The van der Waals surface area contributed by atoms with E-state index in [0.717, 1.165) is 30.0 Å². The van der Waals surface area contributed by atoms with Gasteiger partial charge >= 0.3 is 0 Å². The second kappa shape index (κ2) is 5.53. The van der Waals surface area contributed by atoms with Gasteiger partial charge in [-0.3, -0.25) is 0 Å². The molecular weight excluding hydrogens is 233 g/mol. The molecule has 1 aromatic carbocycles. The fourth-order valence-electron chi connectivity index (χ4n) is 1.76. The van der Waals surface area contributed by atoms with E-state index in [1.165, 1.54) is 13.2 Å². The first-order valence-electron chi connectivity index (χ1n) is 5.77. The predicted octanol–water partition coefficient (Wildman–Crippen LogP) is 2.38. The Morgan fingerprint density at radius 1 is 1.39 bits per heavy atom. The van der Waals surface area contributed by atoms with E-state index in [1.807, 2.05) is 13.1 Å². The predicted molar refractivity (Wildman–Crippen MR) is 68.5 cm³/mol. The number of benzene rings is 1. The van der Waals surface area contributed by atoms with Gasteiger partial charge < -0.3 is 15.0 Å². The van der Waals surface area contributed by atoms with Crippen molar-refractivity contribution in [3.8, 4) is 5.75 Å². The first-order chi connectivity index (χ1) is 8.72. The Labute approximate surface area is 105 Å². The monoisotopic (exact) mass is 249 g/mol. The number of methoxy groups -OCH3 is 1. The van der Waals surface area contributed by atoms with Crippen molar-refractivity contribution in [2.45, 2.75) is 12.8 Å². The molecule has 0 aliphatic heterocycles. The summed E-state index contributed by atoms with van der Waals surface area (Å²) in [4.78, 5) is 7.26. The van der Waals surface area contributed by atoms with E-state index in [4.69, 9.17) is 4.74 Å². The van der Waals surface area contributed by atoms with E-state index in [-0.39, 0.29) is 11.6 Å². The Morgan fingerprint density at radius 2 is 2.22 bits per heavy atom. The maximum atomic E-state index is 13.5. The van der Waals surface area contributed by atoms with Crippen LogP contribution in [-0.4, -0.2) is 24.1 Å². The van der Waals surface area contributed by atoms with E-state index in [2.05, 4.69) is 15.3 Å². The van der Waals surface area contributed by atoms with Crippen LogP contribution in [0.25, 0.3) is 0 Å². The summed E-state index contributed by atoms with van der Waals surface area (Å²) in [7, 11) is 3.27. The number of anilines is 1. The number of aromatic nitrogens is 2. The largest absolute Gasteiger partial charge is 0.494 e. The second-order valence-electron chi connectivity index (χ2n) is 3.98. The van der Waals surface area contributed by atoms with E-state index in [9.17, 15) is 4.39 Å². The third-order valence-electron chi connectivity index (χ3n) is 2.76. The van der Waals surface area contributed by atoms with Crippen LogP contribution in [0.3, 0.4) is 0 Å². The zero-order valence-electron chi connectivity index (χ0n) is 10.5. The van der Waals surface area contributed by atoms with E-state index >= 15 is 0 Å². The van der Waals surface area contributed by atoms with E-state index in [1.54, 1.807) is 12.3 Å². The molecule has 0 aliphatic carbocycles. The molecule has 1 heterocycles. The highest BCUT2D eigenvalue weighted by atomic mass is 19.1. The molecule has 4 nitrogen and oxygen atoms in total. The van der Waals surface area contributed by atoms with Crippen LogP contribution in [0.4, 0.5) is 10.3 Å². The number of hydrogen-bond acceptors (Lipinski definition) is 3. The lowest BCUT2D eigenvalue weighted by Crippen LogP contribution is -1.95. The van der Waals surface area contributed by atoms with Crippen LogP contribution in [0.15, 0.2) is 24.4 Å². The molecule has 2 aromatic rings. The maximum absolute atomic E-state index is 13.5. The summed E-state index contributed by atoms with van der Waals surface area (Å²) in [5.41, 5.74) is 1.96. The number of aromatic amines is 1. The number of imidazole rings is 1. The van der Waals surface area contributed by atoms with Gasteiger partial charge in [0.2, 0.25) is 0 Å². The molecule has 1 aromatic heterocycles. The minimum atomic E-state index is -0.324. The summed E-state index contributed by atoms with van der Waals surface area (Å²) in [6, 6.07) is 5.03. The van der Waals surface area contributed by atoms with Gasteiger partial charge in [0, 0.05) is 12.7 Å². The van der Waals surface area contributed by atoms with Crippen LogP contribution in [0.5, 0.6) is 5.75 Å². The normalized spacial score (nSPS) is 10.4. The van der Waals surface area contributed by atoms with Gasteiger partial charge in [0.15, 0.2) is 17.5 Å². The topological polar surface area (TPSA) is 49.9 Å². The molecule has 0 unspecified atom stereocenters. The van der Waals surface area contributed by atoms with Crippen LogP contribution in [0.1, 0.15) is 11.3 Å². The standard InChI is InChI=1S/C13H16FN3O/c1-15-13-16-8-10(17-13)5-3-9-4-6-12(18-2)11(14)7-9/h4,6-8H,3,5H2,1-2H3,(H2,15,16,17). The van der Waals surface area contributed by atoms with Gasteiger partial charge in [0.1, 0.15) is 0 Å². The van der Waals surface area contributed by atoms with Gasteiger partial charge in [0.05, 0.1) is 13.3 Å². The highest BCUT2D eigenvalue weighted by molar-refractivity contribution is 5.30. The minimum Gasteiger partial charge on any atom is -0.494 e. The molecule has 0 spiro atoms. The lowest BCUT2D eigenvalue weighted by Gasteiger charge is -2.04. The summed E-state index contributed by atoms with van der Waals surface area (Å²) in [5, 5.41) is 2.93. The molecule has 96 valence electrons. The molecule has 0 saturated carbocycles. The van der Waals surface area contributed by atoms with Crippen LogP contribution < -0.4 is 10.1 Å². The highest BCUT2D eigenvalue weighted by Crippen LogP contribution is 2.18. The van der Waals surface area contributed by atoms with Gasteiger partial charge in [-0.2, -0.15) is 0 Å². The number of nitrogens with one attached hydrogen (secondary N) is 2. The van der Waals surface area contributed by atoms with Crippen molar-refractivity contribution in [2.24, 2.45) is 0 Å². The molecular formula is C13H16FN3O. The Morgan fingerprint density at radius 3 is 2.83 bits per heavy atom. The number of ether oxygens (including phenoxy) is 1. The molecule has 2 N–H and O–H groups in total. The highest BCUT2D eigenvalue weighted by Gasteiger charge is 2.04. The van der Waals surface area contributed by atoms with Gasteiger partial charge in [-0.25, -0.2) is 9.37 Å². The molecule has 2 rings (SSSR count). The van der Waals surface area contributed by atoms with Gasteiger partial charge in [0.25, 0.3) is 0 Å². The summed E-state index contributed by atoms with van der Waals surface area (Å²) in [5.74, 6) is 0.694. The van der Waals surface area contributed by atoms with Crippen molar-refractivity contribution < 1.29 is 9.13 Å². The average Bonchev–Trinajstić information content (AvgIpc) is 2.84. The lowest BCUT2D eigenvalue weighted by atomic mass is 10.1. The van der Waals surface area contributed by atoms with Crippen molar-refractivity contribution in [3.63, 3.8) is 0 Å². The summed E-state index contributed by atoms with van der Waals surface area (Å²) in [6.45, 7) is 0. The summed E-state index contributed by atoms with van der Waals surface area (Å²) < 4.78 is 18.4. The Hall–Kier alpha value is -2.04. The summed E-state index contributed by atoms with van der Waals surface area (Å²) in [6.07, 6.45) is 3.33. The lowest BCUT2D eigenvalue weighted by molar-refractivity contribution is 0.386. The number of aryl methyl sites for hydroxylation is 2. The number of rotatable bonds is 5. The van der Waals surface area contributed by atoms with Crippen LogP contribution in [-0.2, 0) is 12.8 Å². The second-order valence-corrected chi connectivity index (χ2v) is 3.98. The molecule has 0 saturated heterocycles. The molecule has 0 aliphatic rings. The fraction of sp³-hybridized carbons (Fsp3) is 0.308. The first kappa shape index (κ1) is 12.4. The van der Waals surface area contributed by atoms with Crippen LogP contribution in [0.2, 0.25) is 0 Å².